The van der Waals surface area contributed by atoms with Gasteiger partial charge in [0.25, 0.3) is 5.91 Å². The summed E-state index contributed by atoms with van der Waals surface area (Å²) in [5, 5.41) is 2.75. The van der Waals surface area contributed by atoms with Gasteiger partial charge in [-0.2, -0.15) is 0 Å². The maximum absolute atomic E-state index is 13.4. The fourth-order valence-corrected chi connectivity index (χ4v) is 2.69. The van der Waals surface area contributed by atoms with Gasteiger partial charge in [0.15, 0.2) is 0 Å². The molecule has 1 amide bonds. The smallest absolute Gasteiger partial charge is 0.256 e. The molecule has 3 nitrogen and oxygen atoms in total. The second-order valence-corrected chi connectivity index (χ2v) is 5.13. The van der Waals surface area contributed by atoms with Crippen molar-refractivity contribution in [1.29, 1.82) is 0 Å². The van der Waals surface area contributed by atoms with Crippen LogP contribution < -0.4 is 5.32 Å². The first-order chi connectivity index (χ1) is 10.2. The molecule has 0 radical (unpaired) electrons. The van der Waals surface area contributed by atoms with Crippen molar-refractivity contribution >= 4 is 29.5 Å². The topological polar surface area (TPSA) is 41.5 Å². The number of halogens is 1. The summed E-state index contributed by atoms with van der Waals surface area (Å²) in [6.07, 6.45) is 3.64. The van der Waals surface area contributed by atoms with E-state index in [1.165, 1.54) is 12.1 Å². The Hall–Kier alpha value is -2.75. The number of fused-ring (bicyclic) bond motifs is 2. The molecule has 0 saturated carbocycles. The number of carbonyl (C=O) groups is 1. The van der Waals surface area contributed by atoms with Crippen molar-refractivity contribution in [3.05, 3.63) is 64.5 Å². The van der Waals surface area contributed by atoms with Crippen molar-refractivity contribution in [2.45, 2.75) is 6.54 Å². The van der Waals surface area contributed by atoms with E-state index in [4.69, 9.17) is 0 Å². The van der Waals surface area contributed by atoms with E-state index < -0.39 is 0 Å². The zero-order valence-electron chi connectivity index (χ0n) is 11.1. The van der Waals surface area contributed by atoms with Gasteiger partial charge in [-0.05, 0) is 47.0 Å². The normalized spacial score (nSPS) is 17.0. The predicted octanol–water partition coefficient (Wildman–Crippen LogP) is 3.25. The minimum absolute atomic E-state index is 0.202. The van der Waals surface area contributed by atoms with Gasteiger partial charge in [0.1, 0.15) is 5.82 Å². The molecular formula is C17H11FN2O. The van der Waals surface area contributed by atoms with Gasteiger partial charge in [-0.15, -0.1) is 0 Å². The van der Waals surface area contributed by atoms with Crippen LogP contribution in [0.3, 0.4) is 0 Å². The minimum atomic E-state index is -0.349. The lowest BCUT2D eigenvalue weighted by atomic mass is 10.0. The van der Waals surface area contributed by atoms with Gasteiger partial charge in [0, 0.05) is 23.0 Å². The molecule has 0 saturated heterocycles. The fourth-order valence-electron chi connectivity index (χ4n) is 2.69. The minimum Gasteiger partial charge on any atom is -0.321 e. The standard InChI is InChI=1S/C17H11FN2O/c18-13-3-4-16-14(7-13)15(17(21)20-16)6-10-1-2-11-8-19-9-12(11)5-10/h1-8H,9H2,(H,20,21)/b15-6-. The van der Waals surface area contributed by atoms with E-state index in [0.29, 0.717) is 23.4 Å². The van der Waals surface area contributed by atoms with Crippen LogP contribution in [-0.4, -0.2) is 12.1 Å². The Morgan fingerprint density at radius 3 is 3.00 bits per heavy atom. The largest absolute Gasteiger partial charge is 0.321 e. The van der Waals surface area contributed by atoms with Gasteiger partial charge in [-0.1, -0.05) is 12.1 Å². The molecule has 4 rings (SSSR count). The van der Waals surface area contributed by atoms with Gasteiger partial charge in [-0.3, -0.25) is 9.79 Å². The van der Waals surface area contributed by atoms with Crippen LogP contribution in [0.1, 0.15) is 22.3 Å². The highest BCUT2D eigenvalue weighted by molar-refractivity contribution is 6.34. The Morgan fingerprint density at radius 2 is 2.10 bits per heavy atom. The number of nitrogens with zero attached hydrogens (tertiary/aromatic N) is 1. The highest BCUT2D eigenvalue weighted by Gasteiger charge is 2.24. The van der Waals surface area contributed by atoms with Crippen molar-refractivity contribution in [2.24, 2.45) is 4.99 Å². The predicted molar refractivity (Wildman–Crippen MR) is 80.6 cm³/mol. The van der Waals surface area contributed by atoms with Crippen LogP contribution in [0.4, 0.5) is 10.1 Å². The van der Waals surface area contributed by atoms with E-state index in [1.54, 1.807) is 12.1 Å². The number of rotatable bonds is 1. The average Bonchev–Trinajstić information content (AvgIpc) is 3.04. The number of aliphatic imine (C=N–C) groups is 1. The highest BCUT2D eigenvalue weighted by atomic mass is 19.1. The molecule has 1 N–H and O–H groups in total. The number of carbonyl (C=O) groups excluding carboxylic acids is 1. The number of anilines is 1. The third-order valence-electron chi connectivity index (χ3n) is 3.73. The summed E-state index contributed by atoms with van der Waals surface area (Å²) in [5.74, 6) is -0.550. The lowest BCUT2D eigenvalue weighted by Crippen LogP contribution is -2.03. The Bertz CT molecular complexity index is 837. The zero-order valence-corrected chi connectivity index (χ0v) is 11.1. The van der Waals surface area contributed by atoms with Gasteiger partial charge >= 0.3 is 0 Å². The van der Waals surface area contributed by atoms with Gasteiger partial charge in [-0.25, -0.2) is 4.39 Å². The molecule has 0 aromatic heterocycles. The van der Waals surface area contributed by atoms with Crippen LogP contribution in [0.5, 0.6) is 0 Å². The van der Waals surface area contributed by atoms with Crippen LogP contribution >= 0.6 is 0 Å². The molecule has 2 aromatic carbocycles. The lowest BCUT2D eigenvalue weighted by molar-refractivity contribution is -0.110. The van der Waals surface area contributed by atoms with Crippen molar-refractivity contribution in [1.82, 2.24) is 0 Å². The Labute approximate surface area is 120 Å². The van der Waals surface area contributed by atoms with Crippen LogP contribution in [0.25, 0.3) is 11.6 Å². The number of amides is 1. The second-order valence-electron chi connectivity index (χ2n) is 5.13. The SMILES string of the molecule is O=C1Nc2ccc(F)cc2/C1=C/c1ccc2c(c1)CN=C2. The van der Waals surface area contributed by atoms with Crippen molar-refractivity contribution < 1.29 is 9.18 Å². The Morgan fingerprint density at radius 1 is 1.19 bits per heavy atom. The van der Waals surface area contributed by atoms with Crippen molar-refractivity contribution in [3.8, 4) is 0 Å². The third kappa shape index (κ3) is 1.96. The van der Waals surface area contributed by atoms with E-state index in [9.17, 15) is 9.18 Å². The maximum Gasteiger partial charge on any atom is 0.256 e. The van der Waals surface area contributed by atoms with Crippen LogP contribution in [-0.2, 0) is 11.3 Å². The van der Waals surface area contributed by atoms with E-state index in [2.05, 4.69) is 10.3 Å². The van der Waals surface area contributed by atoms with Crippen LogP contribution in [0, 0.1) is 5.82 Å². The molecule has 2 aliphatic rings. The molecule has 0 atom stereocenters. The summed E-state index contributed by atoms with van der Waals surface area (Å²) in [4.78, 5) is 16.3. The molecule has 2 aromatic rings. The molecule has 21 heavy (non-hydrogen) atoms. The molecule has 0 unspecified atom stereocenters. The first-order valence-corrected chi connectivity index (χ1v) is 6.66. The first-order valence-electron chi connectivity index (χ1n) is 6.66. The molecule has 0 aliphatic carbocycles. The molecule has 4 heteroatoms. The summed E-state index contributed by atoms with van der Waals surface area (Å²) >= 11 is 0. The number of hydrogen-bond acceptors (Lipinski definition) is 2. The fraction of sp³-hybridized carbons (Fsp3) is 0.0588. The molecular weight excluding hydrogens is 267 g/mol. The van der Waals surface area contributed by atoms with Gasteiger partial charge in [0.2, 0.25) is 0 Å². The van der Waals surface area contributed by atoms with Crippen LogP contribution in [0.15, 0.2) is 41.4 Å². The molecule has 102 valence electrons. The molecule has 0 spiro atoms. The monoisotopic (exact) mass is 278 g/mol. The third-order valence-corrected chi connectivity index (χ3v) is 3.73. The summed E-state index contributed by atoms with van der Waals surface area (Å²) in [5.41, 5.74) is 4.92. The van der Waals surface area contributed by atoms with Gasteiger partial charge < -0.3 is 5.32 Å². The first kappa shape index (κ1) is 12.0. The average molecular weight is 278 g/mol. The number of nitrogens with one attached hydrogen (secondary N) is 1. The van der Waals surface area contributed by atoms with Gasteiger partial charge in [0.05, 0.1) is 6.54 Å². The van der Waals surface area contributed by atoms with Crippen LogP contribution in [0.2, 0.25) is 0 Å². The second kappa shape index (κ2) is 4.38. The Balaban J connectivity index is 1.80. The quantitative estimate of drug-likeness (QED) is 0.799. The lowest BCUT2D eigenvalue weighted by Gasteiger charge is -2.02. The highest BCUT2D eigenvalue weighted by Crippen LogP contribution is 2.33. The number of hydrogen-bond donors (Lipinski definition) is 1. The van der Waals surface area contributed by atoms with E-state index in [0.717, 1.165) is 16.7 Å². The Kier molecular flexibility index (Phi) is 2.51. The maximum atomic E-state index is 13.4. The van der Waals surface area contributed by atoms with E-state index in [-0.39, 0.29) is 11.7 Å². The summed E-state index contributed by atoms with van der Waals surface area (Å²) < 4.78 is 13.4. The summed E-state index contributed by atoms with van der Waals surface area (Å²) in [7, 11) is 0. The molecule has 0 bridgehead atoms. The molecule has 2 aliphatic heterocycles. The van der Waals surface area contributed by atoms with E-state index in [1.807, 2.05) is 24.4 Å². The van der Waals surface area contributed by atoms with Crippen molar-refractivity contribution in [2.75, 3.05) is 5.32 Å². The van der Waals surface area contributed by atoms with Crippen molar-refractivity contribution in [3.63, 3.8) is 0 Å². The van der Waals surface area contributed by atoms with E-state index >= 15 is 0 Å². The number of benzene rings is 2. The molecule has 2 heterocycles. The summed E-state index contributed by atoms with van der Waals surface area (Å²) in [6, 6.07) is 10.2. The summed E-state index contributed by atoms with van der Waals surface area (Å²) in [6.45, 7) is 0.670. The zero-order chi connectivity index (χ0) is 14.4. The molecule has 0 fully saturated rings.